The van der Waals surface area contributed by atoms with Gasteiger partial charge in [0.15, 0.2) is 16.8 Å². The number of thioether (sulfide) groups is 1. The van der Waals surface area contributed by atoms with Crippen molar-refractivity contribution >= 4 is 28.4 Å². The number of Topliss-reactive ketones (excluding diaryl/α,β-unsaturated/α-hetero) is 1. The fourth-order valence-electron chi connectivity index (χ4n) is 3.03. The Hall–Kier alpha value is -3.39. The van der Waals surface area contributed by atoms with Crippen LogP contribution in [0, 0.1) is 5.82 Å². The first-order chi connectivity index (χ1) is 14.7. The highest BCUT2D eigenvalue weighted by Crippen LogP contribution is 2.23. The smallest absolute Gasteiger partial charge is 0.192 e. The van der Waals surface area contributed by atoms with E-state index in [1.807, 2.05) is 28.8 Å². The Bertz CT molecular complexity index is 1180. The van der Waals surface area contributed by atoms with E-state index in [2.05, 4.69) is 21.8 Å². The average molecular weight is 422 g/mol. The van der Waals surface area contributed by atoms with Crippen LogP contribution in [0.4, 0.5) is 4.39 Å². The standard InChI is InChI=1S/C22H19FN4O2S/c1-2-11-27-21(13-29-16-9-7-15(23)8-10-16)25-26-22(27)30-14-20(28)18-12-24-19-6-4-3-5-17(18)19/h2-10,12,24H,1,11,13-14H2. The van der Waals surface area contributed by atoms with Gasteiger partial charge in [-0.25, -0.2) is 4.39 Å². The van der Waals surface area contributed by atoms with E-state index in [9.17, 15) is 9.18 Å². The number of H-pyrrole nitrogens is 1. The van der Waals surface area contributed by atoms with Crippen molar-refractivity contribution in [1.82, 2.24) is 19.7 Å². The SMILES string of the molecule is C=CCn1c(COc2ccc(F)cc2)nnc1SCC(=O)c1c[nH]c2ccccc12. The first-order valence-electron chi connectivity index (χ1n) is 9.29. The molecule has 0 aliphatic heterocycles. The maximum atomic E-state index is 13.0. The van der Waals surface area contributed by atoms with E-state index < -0.39 is 0 Å². The van der Waals surface area contributed by atoms with Crippen LogP contribution in [0.15, 0.2) is 72.5 Å². The third kappa shape index (κ3) is 4.28. The number of hydrogen-bond acceptors (Lipinski definition) is 5. The number of carbonyl (C=O) groups is 1. The number of hydrogen-bond donors (Lipinski definition) is 1. The second kappa shape index (κ2) is 8.96. The molecule has 2 aromatic carbocycles. The molecule has 0 unspecified atom stereocenters. The van der Waals surface area contributed by atoms with Gasteiger partial charge in [-0.3, -0.25) is 9.36 Å². The quantitative estimate of drug-likeness (QED) is 0.242. The number of ketones is 1. The van der Waals surface area contributed by atoms with Gasteiger partial charge in [0, 0.05) is 29.2 Å². The summed E-state index contributed by atoms with van der Waals surface area (Å²) >= 11 is 1.32. The normalized spacial score (nSPS) is 11.0. The van der Waals surface area contributed by atoms with Crippen LogP contribution in [0.1, 0.15) is 16.2 Å². The minimum atomic E-state index is -0.323. The number of aromatic amines is 1. The van der Waals surface area contributed by atoms with Gasteiger partial charge in [0.2, 0.25) is 0 Å². The van der Waals surface area contributed by atoms with Gasteiger partial charge in [-0.2, -0.15) is 0 Å². The summed E-state index contributed by atoms with van der Waals surface area (Å²) < 4.78 is 20.6. The number of rotatable bonds is 9. The minimum absolute atomic E-state index is 0.00900. The van der Waals surface area contributed by atoms with Crippen molar-refractivity contribution in [1.29, 1.82) is 0 Å². The van der Waals surface area contributed by atoms with Crippen LogP contribution in [0.2, 0.25) is 0 Å². The zero-order valence-corrected chi connectivity index (χ0v) is 16.9. The van der Waals surface area contributed by atoms with Gasteiger partial charge in [-0.1, -0.05) is 36.0 Å². The minimum Gasteiger partial charge on any atom is -0.486 e. The fraction of sp³-hybridized carbons (Fsp3) is 0.136. The number of nitrogens with zero attached hydrogens (tertiary/aromatic N) is 3. The van der Waals surface area contributed by atoms with Gasteiger partial charge in [0.25, 0.3) is 0 Å². The highest BCUT2D eigenvalue weighted by Gasteiger charge is 2.17. The molecule has 0 radical (unpaired) electrons. The molecule has 0 fully saturated rings. The van der Waals surface area contributed by atoms with E-state index >= 15 is 0 Å². The molecular formula is C22H19FN4O2S. The maximum absolute atomic E-state index is 13.0. The molecule has 0 saturated carbocycles. The van der Waals surface area contributed by atoms with Crippen LogP contribution in [0.5, 0.6) is 5.75 Å². The van der Waals surface area contributed by atoms with Crippen molar-refractivity contribution in [2.75, 3.05) is 5.75 Å². The van der Waals surface area contributed by atoms with E-state index in [0.29, 0.717) is 28.8 Å². The summed E-state index contributed by atoms with van der Waals surface area (Å²) in [5.41, 5.74) is 1.59. The number of fused-ring (bicyclic) bond motifs is 1. The summed E-state index contributed by atoms with van der Waals surface area (Å²) in [7, 11) is 0. The number of ether oxygens (including phenoxy) is 1. The summed E-state index contributed by atoms with van der Waals surface area (Å²) in [5.74, 6) is 1.05. The van der Waals surface area contributed by atoms with E-state index in [-0.39, 0.29) is 24.0 Å². The highest BCUT2D eigenvalue weighted by atomic mass is 32.2. The number of aromatic nitrogens is 4. The van der Waals surface area contributed by atoms with Crippen LogP contribution in [-0.4, -0.2) is 31.3 Å². The largest absolute Gasteiger partial charge is 0.486 e. The summed E-state index contributed by atoms with van der Waals surface area (Å²) in [4.78, 5) is 15.9. The number of benzene rings is 2. The second-order valence-electron chi connectivity index (χ2n) is 6.50. The second-order valence-corrected chi connectivity index (χ2v) is 7.44. The summed E-state index contributed by atoms with van der Waals surface area (Å²) in [6, 6.07) is 13.5. The number of carbonyl (C=O) groups excluding carboxylic acids is 1. The van der Waals surface area contributed by atoms with Crippen LogP contribution < -0.4 is 4.74 Å². The zero-order valence-electron chi connectivity index (χ0n) is 16.0. The Kier molecular flexibility index (Phi) is 5.94. The molecule has 0 aliphatic carbocycles. The summed E-state index contributed by atoms with van der Waals surface area (Å²) in [6.45, 7) is 4.43. The highest BCUT2D eigenvalue weighted by molar-refractivity contribution is 7.99. The molecule has 6 nitrogen and oxygen atoms in total. The Morgan fingerprint density at radius 2 is 2.00 bits per heavy atom. The lowest BCUT2D eigenvalue weighted by molar-refractivity contribution is 0.102. The molecule has 8 heteroatoms. The van der Waals surface area contributed by atoms with Crippen LogP contribution >= 0.6 is 11.8 Å². The molecule has 2 aromatic heterocycles. The Balaban J connectivity index is 1.45. The lowest BCUT2D eigenvalue weighted by Crippen LogP contribution is -2.08. The summed E-state index contributed by atoms with van der Waals surface area (Å²) in [6.07, 6.45) is 3.47. The number of para-hydroxylation sites is 1. The third-order valence-corrected chi connectivity index (χ3v) is 5.48. The van der Waals surface area contributed by atoms with Gasteiger partial charge in [-0.15, -0.1) is 16.8 Å². The molecule has 1 N–H and O–H groups in total. The van der Waals surface area contributed by atoms with E-state index in [0.717, 1.165) is 10.9 Å². The van der Waals surface area contributed by atoms with Crippen molar-refractivity contribution in [3.05, 3.63) is 84.6 Å². The lowest BCUT2D eigenvalue weighted by atomic mass is 10.1. The predicted octanol–water partition coefficient (Wildman–Crippen LogP) is 4.64. The monoisotopic (exact) mass is 422 g/mol. The Morgan fingerprint density at radius 1 is 1.20 bits per heavy atom. The Labute approximate surface area is 176 Å². The maximum Gasteiger partial charge on any atom is 0.192 e. The summed E-state index contributed by atoms with van der Waals surface area (Å²) in [5, 5.41) is 9.91. The van der Waals surface area contributed by atoms with Gasteiger partial charge in [0.05, 0.1) is 5.75 Å². The van der Waals surface area contributed by atoms with Gasteiger partial charge < -0.3 is 9.72 Å². The van der Waals surface area contributed by atoms with E-state index in [1.165, 1.54) is 23.9 Å². The van der Waals surface area contributed by atoms with E-state index in [1.54, 1.807) is 24.4 Å². The Morgan fingerprint density at radius 3 is 2.80 bits per heavy atom. The molecule has 2 heterocycles. The molecular weight excluding hydrogens is 403 g/mol. The van der Waals surface area contributed by atoms with E-state index in [4.69, 9.17) is 4.74 Å². The van der Waals surface area contributed by atoms with Gasteiger partial charge in [0.1, 0.15) is 18.2 Å². The van der Waals surface area contributed by atoms with Gasteiger partial charge in [-0.05, 0) is 30.3 Å². The van der Waals surface area contributed by atoms with Crippen molar-refractivity contribution in [2.24, 2.45) is 0 Å². The van der Waals surface area contributed by atoms with Crippen LogP contribution in [-0.2, 0) is 13.2 Å². The first-order valence-corrected chi connectivity index (χ1v) is 10.3. The number of halogens is 1. The molecule has 4 rings (SSSR count). The fourth-order valence-corrected chi connectivity index (χ4v) is 3.88. The molecule has 152 valence electrons. The number of allylic oxidation sites excluding steroid dienone is 1. The molecule has 0 aliphatic rings. The molecule has 0 bridgehead atoms. The van der Waals surface area contributed by atoms with Crippen LogP contribution in [0.25, 0.3) is 10.9 Å². The van der Waals surface area contributed by atoms with Crippen molar-refractivity contribution in [2.45, 2.75) is 18.3 Å². The first kappa shape index (κ1) is 19.9. The average Bonchev–Trinajstić information content (AvgIpc) is 3.36. The number of nitrogens with one attached hydrogen (secondary N) is 1. The molecule has 4 aromatic rings. The van der Waals surface area contributed by atoms with Gasteiger partial charge >= 0.3 is 0 Å². The molecule has 30 heavy (non-hydrogen) atoms. The van der Waals surface area contributed by atoms with Crippen molar-refractivity contribution in [3.63, 3.8) is 0 Å². The van der Waals surface area contributed by atoms with Crippen molar-refractivity contribution in [3.8, 4) is 5.75 Å². The molecule has 0 amide bonds. The molecule has 0 saturated heterocycles. The van der Waals surface area contributed by atoms with Crippen molar-refractivity contribution < 1.29 is 13.9 Å². The zero-order chi connectivity index (χ0) is 20.9. The lowest BCUT2D eigenvalue weighted by Gasteiger charge is -2.09. The van der Waals surface area contributed by atoms with Crippen LogP contribution in [0.3, 0.4) is 0 Å². The topological polar surface area (TPSA) is 72.8 Å². The third-order valence-electron chi connectivity index (χ3n) is 4.51. The molecule has 0 atom stereocenters. The predicted molar refractivity (Wildman–Crippen MR) is 114 cm³/mol. The molecule has 0 spiro atoms.